The van der Waals surface area contributed by atoms with Gasteiger partial charge >= 0.3 is 0 Å². The van der Waals surface area contributed by atoms with Crippen LogP contribution in [0.2, 0.25) is 0 Å². The molecular weight excluding hydrogens is 200 g/mol. The molecule has 0 spiro atoms. The number of hydrogen-bond acceptors (Lipinski definition) is 2. The van der Waals surface area contributed by atoms with Gasteiger partial charge in [-0.3, -0.25) is 4.79 Å². The summed E-state index contributed by atoms with van der Waals surface area (Å²) in [7, 11) is 0. The van der Waals surface area contributed by atoms with Crippen LogP contribution in [0.4, 0.5) is 0 Å². The molecular formula is C13H22N2O. The molecule has 1 aliphatic carbocycles. The van der Waals surface area contributed by atoms with Crippen LogP contribution in [0.15, 0.2) is 0 Å². The Labute approximate surface area is 98.4 Å². The molecule has 3 heteroatoms. The lowest BCUT2D eigenvalue weighted by molar-refractivity contribution is -0.140. The van der Waals surface area contributed by atoms with E-state index < -0.39 is 5.41 Å². The molecule has 0 bridgehead atoms. The Morgan fingerprint density at radius 2 is 2.00 bits per heavy atom. The Hall–Kier alpha value is -1.04. The van der Waals surface area contributed by atoms with Crippen molar-refractivity contribution < 1.29 is 4.79 Å². The van der Waals surface area contributed by atoms with Crippen LogP contribution in [0.25, 0.3) is 0 Å². The Kier molecular flexibility index (Phi) is 4.35. The number of hydrogen-bond donors (Lipinski definition) is 0. The van der Waals surface area contributed by atoms with Gasteiger partial charge in [0.25, 0.3) is 0 Å². The van der Waals surface area contributed by atoms with Crippen molar-refractivity contribution in [3.63, 3.8) is 0 Å². The van der Waals surface area contributed by atoms with Gasteiger partial charge in [0.2, 0.25) is 5.91 Å². The molecule has 90 valence electrons. The maximum absolute atomic E-state index is 12.4. The molecule has 0 aromatic rings. The van der Waals surface area contributed by atoms with Crippen LogP contribution in [-0.4, -0.2) is 23.4 Å². The van der Waals surface area contributed by atoms with Gasteiger partial charge in [0, 0.05) is 12.6 Å². The molecule has 3 nitrogen and oxygen atoms in total. The fraction of sp³-hybridized carbons (Fsp3) is 0.846. The van der Waals surface area contributed by atoms with E-state index in [4.69, 9.17) is 0 Å². The third-order valence-corrected chi connectivity index (χ3v) is 3.80. The van der Waals surface area contributed by atoms with E-state index in [0.717, 1.165) is 32.1 Å². The summed E-state index contributed by atoms with van der Waals surface area (Å²) in [6.45, 7) is 6.83. The molecule has 0 radical (unpaired) electrons. The molecule has 0 saturated heterocycles. The number of carbonyl (C=O) groups excluding carboxylic acids is 1. The highest BCUT2D eigenvalue weighted by Gasteiger charge is 2.44. The largest absolute Gasteiger partial charge is 0.339 e. The van der Waals surface area contributed by atoms with E-state index in [2.05, 4.69) is 19.9 Å². The van der Waals surface area contributed by atoms with Crippen LogP contribution < -0.4 is 0 Å². The van der Waals surface area contributed by atoms with Crippen molar-refractivity contribution in [3.8, 4) is 6.07 Å². The Balaban J connectivity index is 2.85. The zero-order valence-corrected chi connectivity index (χ0v) is 10.6. The van der Waals surface area contributed by atoms with Gasteiger partial charge in [-0.05, 0) is 33.1 Å². The Morgan fingerprint density at radius 3 is 2.38 bits per heavy atom. The predicted molar refractivity (Wildman–Crippen MR) is 63.7 cm³/mol. The molecule has 1 atom stereocenters. The first-order chi connectivity index (χ1) is 7.61. The lowest BCUT2D eigenvalue weighted by atomic mass is 9.86. The maximum Gasteiger partial charge on any atom is 0.243 e. The van der Waals surface area contributed by atoms with Gasteiger partial charge in [0.1, 0.15) is 5.41 Å². The van der Waals surface area contributed by atoms with Gasteiger partial charge in [-0.25, -0.2) is 0 Å². The van der Waals surface area contributed by atoms with Crippen molar-refractivity contribution in [1.82, 2.24) is 4.90 Å². The Bertz CT molecular complexity index is 287. The van der Waals surface area contributed by atoms with E-state index in [1.807, 2.05) is 11.8 Å². The van der Waals surface area contributed by atoms with Crippen LogP contribution in [0, 0.1) is 16.7 Å². The molecule has 16 heavy (non-hydrogen) atoms. The lowest BCUT2D eigenvalue weighted by Gasteiger charge is -2.33. The van der Waals surface area contributed by atoms with E-state index >= 15 is 0 Å². The minimum Gasteiger partial charge on any atom is -0.339 e. The molecule has 1 rings (SSSR count). The van der Waals surface area contributed by atoms with E-state index in [0.29, 0.717) is 6.54 Å². The smallest absolute Gasteiger partial charge is 0.243 e. The highest BCUT2D eigenvalue weighted by Crippen LogP contribution is 2.39. The van der Waals surface area contributed by atoms with E-state index in [1.165, 1.54) is 0 Å². The number of amides is 1. The topological polar surface area (TPSA) is 44.1 Å². The highest BCUT2D eigenvalue weighted by atomic mass is 16.2. The van der Waals surface area contributed by atoms with Gasteiger partial charge in [-0.15, -0.1) is 0 Å². The van der Waals surface area contributed by atoms with Gasteiger partial charge < -0.3 is 4.90 Å². The summed E-state index contributed by atoms with van der Waals surface area (Å²) in [5.41, 5.74) is -0.709. The number of rotatable bonds is 4. The van der Waals surface area contributed by atoms with Crippen LogP contribution in [0.3, 0.4) is 0 Å². The van der Waals surface area contributed by atoms with E-state index in [9.17, 15) is 10.1 Å². The lowest BCUT2D eigenvalue weighted by Crippen LogP contribution is -2.46. The van der Waals surface area contributed by atoms with Crippen LogP contribution in [-0.2, 0) is 4.79 Å². The van der Waals surface area contributed by atoms with Gasteiger partial charge in [0.15, 0.2) is 0 Å². The molecule has 0 aromatic carbocycles. The van der Waals surface area contributed by atoms with Crippen molar-refractivity contribution >= 4 is 5.91 Å². The SMILES string of the molecule is CCC(C)N(CC)C(=O)C1(C#N)CCCC1. The molecule has 1 aliphatic rings. The minimum atomic E-state index is -0.709. The minimum absolute atomic E-state index is 0.0596. The standard InChI is InChI=1S/C13H22N2O/c1-4-11(3)15(5-2)12(16)13(10-14)8-6-7-9-13/h11H,4-9H2,1-3H3. The second kappa shape index (κ2) is 5.34. The van der Waals surface area contributed by atoms with Crippen molar-refractivity contribution in [2.45, 2.75) is 58.9 Å². The quantitative estimate of drug-likeness (QED) is 0.734. The summed E-state index contributed by atoms with van der Waals surface area (Å²) < 4.78 is 0. The Morgan fingerprint density at radius 1 is 1.44 bits per heavy atom. The van der Waals surface area contributed by atoms with Crippen molar-refractivity contribution in [2.75, 3.05) is 6.54 Å². The van der Waals surface area contributed by atoms with E-state index in [-0.39, 0.29) is 11.9 Å². The summed E-state index contributed by atoms with van der Waals surface area (Å²) in [5.74, 6) is 0.0596. The van der Waals surface area contributed by atoms with Crippen LogP contribution in [0.1, 0.15) is 52.9 Å². The van der Waals surface area contributed by atoms with Crippen molar-refractivity contribution in [2.24, 2.45) is 5.41 Å². The van der Waals surface area contributed by atoms with Gasteiger partial charge in [0.05, 0.1) is 6.07 Å². The molecule has 0 aromatic heterocycles. The molecule has 1 saturated carbocycles. The molecule has 0 N–H and O–H groups in total. The second-order valence-corrected chi connectivity index (χ2v) is 4.75. The molecule has 1 amide bonds. The first-order valence-electron chi connectivity index (χ1n) is 6.33. The molecule has 0 heterocycles. The van der Waals surface area contributed by atoms with Gasteiger partial charge in [-0.1, -0.05) is 19.8 Å². The summed E-state index contributed by atoms with van der Waals surface area (Å²) in [6.07, 6.45) is 4.46. The number of carbonyl (C=O) groups is 1. The molecule has 1 fully saturated rings. The summed E-state index contributed by atoms with van der Waals surface area (Å²) in [6, 6.07) is 2.52. The second-order valence-electron chi connectivity index (χ2n) is 4.75. The van der Waals surface area contributed by atoms with Crippen LogP contribution in [0.5, 0.6) is 0 Å². The number of nitriles is 1. The van der Waals surface area contributed by atoms with Crippen molar-refractivity contribution in [3.05, 3.63) is 0 Å². The average Bonchev–Trinajstić information content (AvgIpc) is 2.79. The zero-order valence-electron chi connectivity index (χ0n) is 10.6. The first-order valence-corrected chi connectivity index (χ1v) is 6.33. The third-order valence-electron chi connectivity index (χ3n) is 3.80. The fourth-order valence-corrected chi connectivity index (χ4v) is 2.50. The fourth-order valence-electron chi connectivity index (χ4n) is 2.50. The highest BCUT2D eigenvalue weighted by molar-refractivity contribution is 5.86. The third kappa shape index (κ3) is 2.21. The number of nitrogens with zero attached hydrogens (tertiary/aromatic N) is 2. The van der Waals surface area contributed by atoms with E-state index in [1.54, 1.807) is 0 Å². The van der Waals surface area contributed by atoms with Crippen molar-refractivity contribution in [1.29, 1.82) is 5.26 Å². The molecule has 1 unspecified atom stereocenters. The predicted octanol–water partition coefficient (Wildman–Crippen LogP) is 2.72. The summed E-state index contributed by atoms with van der Waals surface area (Å²) in [4.78, 5) is 14.3. The zero-order chi connectivity index (χ0) is 12.2. The summed E-state index contributed by atoms with van der Waals surface area (Å²) >= 11 is 0. The average molecular weight is 222 g/mol. The monoisotopic (exact) mass is 222 g/mol. The van der Waals surface area contributed by atoms with Gasteiger partial charge in [-0.2, -0.15) is 5.26 Å². The maximum atomic E-state index is 12.4. The first kappa shape index (κ1) is 13.0. The normalized spacial score (nSPS) is 20.1. The molecule has 0 aliphatic heterocycles. The van der Waals surface area contributed by atoms with Crippen LogP contribution >= 0.6 is 0 Å². The summed E-state index contributed by atoms with van der Waals surface area (Å²) in [5, 5.41) is 9.29.